The second kappa shape index (κ2) is 6.95. The first-order chi connectivity index (χ1) is 8.40. The number of ether oxygens (including phenoxy) is 1. The number of hydrogen-bond donors (Lipinski definition) is 1. The van der Waals surface area contributed by atoms with Crippen molar-refractivity contribution in [2.75, 3.05) is 32.8 Å². The lowest BCUT2D eigenvalue weighted by Gasteiger charge is -2.35. The lowest BCUT2D eigenvalue weighted by atomic mass is 10.2. The van der Waals surface area contributed by atoms with Crippen LogP contribution in [0.1, 0.15) is 32.1 Å². The molecule has 4 heteroatoms. The Morgan fingerprint density at radius 2 is 2.35 bits per heavy atom. The van der Waals surface area contributed by atoms with Gasteiger partial charge in [0.15, 0.2) is 0 Å². The van der Waals surface area contributed by atoms with E-state index in [2.05, 4.69) is 16.3 Å². The molecule has 2 fully saturated rings. The van der Waals surface area contributed by atoms with Gasteiger partial charge in [0.25, 0.3) is 0 Å². The van der Waals surface area contributed by atoms with Crippen LogP contribution in [0, 0.1) is 11.3 Å². The molecule has 96 valence electrons. The minimum absolute atomic E-state index is 0.361. The molecule has 2 heterocycles. The largest absolute Gasteiger partial charge is 0.374 e. The van der Waals surface area contributed by atoms with Crippen molar-refractivity contribution in [2.45, 2.75) is 44.2 Å². The monoisotopic (exact) mass is 237 g/mol. The highest BCUT2D eigenvalue weighted by atomic mass is 16.5. The lowest BCUT2D eigenvalue weighted by molar-refractivity contribution is -0.0468. The van der Waals surface area contributed by atoms with Crippen LogP contribution in [0.5, 0.6) is 0 Å². The fraction of sp³-hybridized carbons (Fsp3) is 0.923. The van der Waals surface area contributed by atoms with Crippen LogP contribution < -0.4 is 5.32 Å². The maximum atomic E-state index is 8.42. The molecule has 2 saturated heterocycles. The first-order valence-corrected chi connectivity index (χ1v) is 6.83. The van der Waals surface area contributed by atoms with E-state index >= 15 is 0 Å². The van der Waals surface area contributed by atoms with Crippen LogP contribution in [0.3, 0.4) is 0 Å². The Labute approximate surface area is 104 Å². The first-order valence-electron chi connectivity index (χ1n) is 6.83. The third-order valence-electron chi connectivity index (χ3n) is 3.73. The number of morpholine rings is 1. The van der Waals surface area contributed by atoms with E-state index < -0.39 is 0 Å². The van der Waals surface area contributed by atoms with E-state index in [1.165, 1.54) is 19.4 Å². The van der Waals surface area contributed by atoms with E-state index in [-0.39, 0.29) is 0 Å². The molecule has 1 N–H and O–H groups in total. The zero-order valence-electron chi connectivity index (χ0n) is 10.5. The summed E-state index contributed by atoms with van der Waals surface area (Å²) in [6.07, 6.45) is 5.78. The van der Waals surface area contributed by atoms with Crippen molar-refractivity contribution in [2.24, 2.45) is 0 Å². The number of unbranched alkanes of at least 4 members (excludes halogenated alkanes) is 2. The van der Waals surface area contributed by atoms with Gasteiger partial charge in [0.05, 0.1) is 18.8 Å². The quantitative estimate of drug-likeness (QED) is 0.704. The summed E-state index contributed by atoms with van der Waals surface area (Å²) in [7, 11) is 0. The molecule has 2 aliphatic rings. The van der Waals surface area contributed by atoms with Crippen LogP contribution >= 0.6 is 0 Å². The molecule has 0 saturated carbocycles. The zero-order chi connectivity index (χ0) is 11.9. The van der Waals surface area contributed by atoms with Crippen LogP contribution in [-0.4, -0.2) is 49.8 Å². The Balaban J connectivity index is 1.53. The summed E-state index contributed by atoms with van der Waals surface area (Å²) in [6, 6.07) is 2.87. The van der Waals surface area contributed by atoms with Crippen molar-refractivity contribution in [3.05, 3.63) is 0 Å². The normalized spacial score (nSPS) is 28.9. The number of fused-ring (bicyclic) bond motifs is 1. The molecule has 0 spiro atoms. The third-order valence-corrected chi connectivity index (χ3v) is 3.73. The lowest BCUT2D eigenvalue weighted by Crippen LogP contribution is -2.49. The van der Waals surface area contributed by atoms with Gasteiger partial charge in [0.1, 0.15) is 0 Å². The smallest absolute Gasteiger partial charge is 0.0826 e. The Kier molecular flexibility index (Phi) is 5.24. The molecule has 0 amide bonds. The summed E-state index contributed by atoms with van der Waals surface area (Å²) in [4.78, 5) is 2.57. The van der Waals surface area contributed by atoms with Gasteiger partial charge in [-0.05, 0) is 38.8 Å². The fourth-order valence-electron chi connectivity index (χ4n) is 2.73. The number of nitrogens with one attached hydrogen (secondary N) is 1. The van der Waals surface area contributed by atoms with E-state index in [4.69, 9.17) is 10.00 Å². The van der Waals surface area contributed by atoms with Crippen LogP contribution in [0.15, 0.2) is 0 Å². The summed E-state index contributed by atoms with van der Waals surface area (Å²) in [5.41, 5.74) is 0. The molecular formula is C13H23N3O. The van der Waals surface area contributed by atoms with Gasteiger partial charge in [-0.25, -0.2) is 0 Å². The minimum Gasteiger partial charge on any atom is -0.374 e. The molecular weight excluding hydrogens is 214 g/mol. The molecule has 17 heavy (non-hydrogen) atoms. The van der Waals surface area contributed by atoms with E-state index in [1.54, 1.807) is 0 Å². The molecule has 0 aromatic heterocycles. The second-order valence-corrected chi connectivity index (χ2v) is 5.07. The first kappa shape index (κ1) is 12.8. The predicted molar refractivity (Wildman–Crippen MR) is 66.7 cm³/mol. The summed E-state index contributed by atoms with van der Waals surface area (Å²) in [5, 5.41) is 11.9. The van der Waals surface area contributed by atoms with Crippen molar-refractivity contribution < 1.29 is 4.74 Å². The molecule has 2 rings (SSSR count). The van der Waals surface area contributed by atoms with Gasteiger partial charge in [0.2, 0.25) is 0 Å². The van der Waals surface area contributed by atoms with Gasteiger partial charge in [-0.2, -0.15) is 5.26 Å². The SMILES string of the molecule is N#CCCCCNCC1CN2CCCC2CO1. The molecule has 0 aliphatic carbocycles. The van der Waals surface area contributed by atoms with Crippen molar-refractivity contribution in [1.29, 1.82) is 5.26 Å². The van der Waals surface area contributed by atoms with Crippen molar-refractivity contribution in [3.8, 4) is 6.07 Å². The van der Waals surface area contributed by atoms with Crippen LogP contribution in [-0.2, 0) is 4.74 Å². The highest BCUT2D eigenvalue weighted by Gasteiger charge is 2.31. The second-order valence-electron chi connectivity index (χ2n) is 5.07. The summed E-state index contributed by atoms with van der Waals surface area (Å²) < 4.78 is 5.86. The number of rotatable bonds is 6. The van der Waals surface area contributed by atoms with Crippen molar-refractivity contribution in [3.63, 3.8) is 0 Å². The summed E-state index contributed by atoms with van der Waals surface area (Å²) in [5.74, 6) is 0. The summed E-state index contributed by atoms with van der Waals surface area (Å²) >= 11 is 0. The minimum atomic E-state index is 0.361. The maximum Gasteiger partial charge on any atom is 0.0826 e. The van der Waals surface area contributed by atoms with Gasteiger partial charge in [-0.1, -0.05) is 0 Å². The van der Waals surface area contributed by atoms with E-state index in [1.807, 2.05) is 0 Å². The van der Waals surface area contributed by atoms with Crippen LogP contribution in [0.25, 0.3) is 0 Å². The van der Waals surface area contributed by atoms with E-state index in [9.17, 15) is 0 Å². The Morgan fingerprint density at radius 1 is 1.41 bits per heavy atom. The average Bonchev–Trinajstić information content (AvgIpc) is 2.81. The van der Waals surface area contributed by atoms with Gasteiger partial charge >= 0.3 is 0 Å². The van der Waals surface area contributed by atoms with Gasteiger partial charge in [0, 0.05) is 25.6 Å². The molecule has 0 bridgehead atoms. The highest BCUT2D eigenvalue weighted by Crippen LogP contribution is 2.22. The fourth-order valence-corrected chi connectivity index (χ4v) is 2.73. The molecule has 0 aromatic carbocycles. The zero-order valence-corrected chi connectivity index (χ0v) is 10.5. The topological polar surface area (TPSA) is 48.3 Å². The van der Waals surface area contributed by atoms with Gasteiger partial charge in [-0.15, -0.1) is 0 Å². The third kappa shape index (κ3) is 3.95. The van der Waals surface area contributed by atoms with Crippen molar-refractivity contribution >= 4 is 0 Å². The average molecular weight is 237 g/mol. The summed E-state index contributed by atoms with van der Waals surface area (Å²) in [6.45, 7) is 5.23. The standard InChI is InChI=1S/C13H23N3O/c14-6-2-1-3-7-15-9-13-10-16-8-4-5-12(16)11-17-13/h12-13,15H,1-5,7-11H2. The van der Waals surface area contributed by atoms with Crippen LogP contribution in [0.2, 0.25) is 0 Å². The van der Waals surface area contributed by atoms with Crippen LogP contribution in [0.4, 0.5) is 0 Å². The number of hydrogen-bond acceptors (Lipinski definition) is 4. The molecule has 0 aromatic rings. The van der Waals surface area contributed by atoms with E-state index in [0.717, 1.165) is 39.1 Å². The highest BCUT2D eigenvalue weighted by molar-refractivity contribution is 4.85. The molecule has 0 radical (unpaired) electrons. The molecule has 2 aliphatic heterocycles. The number of nitrogens with zero attached hydrogens (tertiary/aromatic N) is 2. The van der Waals surface area contributed by atoms with E-state index in [0.29, 0.717) is 18.6 Å². The van der Waals surface area contributed by atoms with Crippen molar-refractivity contribution in [1.82, 2.24) is 10.2 Å². The molecule has 4 nitrogen and oxygen atoms in total. The molecule has 2 atom stereocenters. The van der Waals surface area contributed by atoms with Gasteiger partial charge in [-0.3, -0.25) is 4.90 Å². The predicted octanol–water partition coefficient (Wildman–Crippen LogP) is 1.13. The Hall–Kier alpha value is -0.630. The maximum absolute atomic E-state index is 8.42. The molecule has 2 unspecified atom stereocenters. The Bertz CT molecular complexity index is 264. The van der Waals surface area contributed by atoms with Gasteiger partial charge < -0.3 is 10.1 Å². The number of nitriles is 1. The Morgan fingerprint density at radius 3 is 3.24 bits per heavy atom.